The molecule has 7 nitrogen and oxygen atoms in total. The predicted octanol–water partition coefficient (Wildman–Crippen LogP) is 3.66. The maximum atomic E-state index is 13.8. The van der Waals surface area contributed by atoms with Gasteiger partial charge in [0.2, 0.25) is 5.95 Å². The summed E-state index contributed by atoms with van der Waals surface area (Å²) >= 11 is 5.46. The van der Waals surface area contributed by atoms with Crippen molar-refractivity contribution in [2.24, 2.45) is 4.99 Å². The number of carbonyl (C=O) groups is 2. The Morgan fingerprint density at radius 3 is 2.72 bits per heavy atom. The number of rotatable bonds is 4. The van der Waals surface area contributed by atoms with Gasteiger partial charge in [0.15, 0.2) is 17.4 Å². The van der Waals surface area contributed by atoms with Crippen molar-refractivity contribution in [1.29, 1.82) is 0 Å². The summed E-state index contributed by atoms with van der Waals surface area (Å²) in [5, 5.41) is 2.45. The minimum atomic E-state index is -1.08. The second kappa shape index (κ2) is 7.59. The summed E-state index contributed by atoms with van der Waals surface area (Å²) in [4.78, 5) is 35.0. The first-order valence-electron chi connectivity index (χ1n) is 8.53. The van der Waals surface area contributed by atoms with Crippen LogP contribution in [0.3, 0.4) is 0 Å². The van der Waals surface area contributed by atoms with Crippen LogP contribution < -0.4 is 5.32 Å². The lowest BCUT2D eigenvalue weighted by Crippen LogP contribution is -2.20. The number of H-pyrrole nitrogens is 1. The van der Waals surface area contributed by atoms with Crippen molar-refractivity contribution in [3.8, 4) is 0 Å². The van der Waals surface area contributed by atoms with Gasteiger partial charge in [-0.15, -0.1) is 11.6 Å². The fourth-order valence-corrected chi connectivity index (χ4v) is 3.10. The molecule has 10 heteroatoms. The average molecular weight is 419 g/mol. The van der Waals surface area contributed by atoms with Crippen LogP contribution in [0.4, 0.5) is 19.5 Å². The van der Waals surface area contributed by atoms with Gasteiger partial charge in [0.25, 0.3) is 0 Å². The highest BCUT2D eigenvalue weighted by Gasteiger charge is 2.24. The Hall–Kier alpha value is -3.33. The first-order valence-corrected chi connectivity index (χ1v) is 9.06. The molecule has 2 aromatic carbocycles. The van der Waals surface area contributed by atoms with Gasteiger partial charge in [0.05, 0.1) is 22.6 Å². The Morgan fingerprint density at radius 1 is 1.21 bits per heavy atom. The zero-order valence-corrected chi connectivity index (χ0v) is 15.5. The lowest BCUT2D eigenvalue weighted by Gasteiger charge is -2.16. The molecule has 0 saturated heterocycles. The number of anilines is 1. The molecule has 0 aliphatic carbocycles. The molecule has 0 unspecified atom stereocenters. The smallest absolute Gasteiger partial charge is 0.414 e. The van der Waals surface area contributed by atoms with Gasteiger partial charge in [0, 0.05) is 16.7 Å². The number of Topliss-reactive ketones (excluding diaryl/α,β-unsaturated/α-hetero) is 1. The molecule has 148 valence electrons. The van der Waals surface area contributed by atoms with Crippen LogP contribution in [0.2, 0.25) is 0 Å². The van der Waals surface area contributed by atoms with Crippen molar-refractivity contribution in [2.75, 3.05) is 24.3 Å². The number of aromatic amines is 1. The number of aliphatic imine (C=N–C) groups is 1. The number of amides is 1. The molecular weight excluding hydrogens is 406 g/mol. The van der Waals surface area contributed by atoms with Crippen LogP contribution in [0.15, 0.2) is 35.3 Å². The average Bonchev–Trinajstić information content (AvgIpc) is 3.09. The van der Waals surface area contributed by atoms with Crippen LogP contribution in [-0.2, 0) is 4.74 Å². The Bertz CT molecular complexity index is 1180. The highest BCUT2D eigenvalue weighted by molar-refractivity contribution is 6.22. The van der Waals surface area contributed by atoms with E-state index in [1.807, 2.05) is 0 Å². The third-order valence-electron chi connectivity index (χ3n) is 4.28. The third-order valence-corrected chi connectivity index (χ3v) is 4.44. The number of aromatic nitrogens is 2. The summed E-state index contributed by atoms with van der Waals surface area (Å²) in [6.45, 7) is -0.0967. The van der Waals surface area contributed by atoms with Gasteiger partial charge in [-0.3, -0.25) is 15.1 Å². The molecule has 4 rings (SSSR count). The van der Waals surface area contributed by atoms with E-state index in [0.29, 0.717) is 22.3 Å². The van der Waals surface area contributed by atoms with Crippen molar-refractivity contribution in [2.45, 2.75) is 0 Å². The monoisotopic (exact) mass is 418 g/mol. The summed E-state index contributed by atoms with van der Waals surface area (Å²) in [6, 6.07) is 6.92. The molecule has 29 heavy (non-hydrogen) atoms. The lowest BCUT2D eigenvalue weighted by molar-refractivity contribution is 0.0999. The van der Waals surface area contributed by atoms with E-state index >= 15 is 0 Å². The fraction of sp³-hybridized carbons (Fsp3) is 0.158. The molecule has 1 aliphatic heterocycles. The zero-order chi connectivity index (χ0) is 20.5. The van der Waals surface area contributed by atoms with E-state index in [4.69, 9.17) is 16.3 Å². The number of fused-ring (bicyclic) bond motifs is 2. The first kappa shape index (κ1) is 19.0. The van der Waals surface area contributed by atoms with Gasteiger partial charge in [-0.25, -0.2) is 18.6 Å². The molecule has 2 N–H and O–H groups in total. The topological polar surface area (TPSA) is 96.4 Å². The number of nitrogens with one attached hydrogen (secondary N) is 2. The molecule has 0 spiro atoms. The number of halogens is 3. The fourth-order valence-electron chi connectivity index (χ4n) is 3.02. The molecular formula is C19H13ClF2N4O3. The van der Waals surface area contributed by atoms with Gasteiger partial charge in [-0.2, -0.15) is 0 Å². The second-order valence-corrected chi connectivity index (χ2v) is 6.55. The number of nitrogens with zero attached hydrogens (tertiary/aromatic N) is 2. The predicted molar refractivity (Wildman–Crippen MR) is 103 cm³/mol. The number of benzene rings is 2. The van der Waals surface area contributed by atoms with Crippen molar-refractivity contribution in [1.82, 2.24) is 9.97 Å². The molecule has 0 bridgehead atoms. The van der Waals surface area contributed by atoms with Crippen molar-refractivity contribution in [3.63, 3.8) is 0 Å². The van der Waals surface area contributed by atoms with Gasteiger partial charge >= 0.3 is 6.09 Å². The molecule has 0 fully saturated rings. The van der Waals surface area contributed by atoms with E-state index in [9.17, 15) is 18.4 Å². The van der Waals surface area contributed by atoms with E-state index < -0.39 is 17.7 Å². The van der Waals surface area contributed by atoms with E-state index in [1.165, 1.54) is 0 Å². The summed E-state index contributed by atoms with van der Waals surface area (Å²) in [7, 11) is 0. The Morgan fingerprint density at radius 2 is 1.97 bits per heavy atom. The molecule has 0 saturated carbocycles. The Kier molecular flexibility index (Phi) is 4.98. The lowest BCUT2D eigenvalue weighted by atomic mass is 9.92. The Labute approximate surface area is 167 Å². The minimum Gasteiger partial charge on any atom is -0.448 e. The summed E-state index contributed by atoms with van der Waals surface area (Å²) in [5.41, 5.74) is 2.38. The molecule has 0 radical (unpaired) electrons. The van der Waals surface area contributed by atoms with Crippen LogP contribution in [0.5, 0.6) is 0 Å². The molecule has 1 aromatic heterocycles. The number of carbonyl (C=O) groups excluding carboxylic acids is 2. The van der Waals surface area contributed by atoms with Crippen LogP contribution >= 0.6 is 11.6 Å². The Balaban J connectivity index is 1.68. The second-order valence-electron chi connectivity index (χ2n) is 6.17. The highest BCUT2D eigenvalue weighted by Crippen LogP contribution is 2.25. The number of ketones is 1. The first-order chi connectivity index (χ1) is 14.0. The van der Waals surface area contributed by atoms with Gasteiger partial charge in [0.1, 0.15) is 13.2 Å². The van der Waals surface area contributed by atoms with Gasteiger partial charge in [-0.05, 0) is 24.3 Å². The minimum absolute atomic E-state index is 0.0624. The zero-order valence-electron chi connectivity index (χ0n) is 14.8. The van der Waals surface area contributed by atoms with Crippen molar-refractivity contribution in [3.05, 3.63) is 58.7 Å². The normalized spacial score (nSPS) is 13.2. The van der Waals surface area contributed by atoms with Crippen LogP contribution in [-0.4, -0.2) is 46.6 Å². The molecule has 2 heterocycles. The van der Waals surface area contributed by atoms with Crippen molar-refractivity contribution < 1.29 is 23.1 Å². The van der Waals surface area contributed by atoms with Gasteiger partial charge < -0.3 is 9.72 Å². The molecule has 3 aromatic rings. The van der Waals surface area contributed by atoms with Crippen LogP contribution in [0.1, 0.15) is 21.5 Å². The number of imidazole rings is 1. The highest BCUT2D eigenvalue weighted by atomic mass is 35.5. The van der Waals surface area contributed by atoms with Crippen LogP contribution in [0, 0.1) is 11.6 Å². The van der Waals surface area contributed by atoms with E-state index in [-0.39, 0.29) is 41.9 Å². The maximum absolute atomic E-state index is 13.8. The number of alkyl halides is 1. The van der Waals surface area contributed by atoms with E-state index in [2.05, 4.69) is 20.3 Å². The SMILES string of the molecule is O=C(Nc1nc2ccc(C3=NCC(=O)c4cc(F)c(F)cc43)cc2[nH]1)OCCCl. The summed E-state index contributed by atoms with van der Waals surface area (Å²) in [5.74, 6) is -2.18. The molecule has 1 amide bonds. The third kappa shape index (κ3) is 3.68. The maximum Gasteiger partial charge on any atom is 0.414 e. The number of hydrogen-bond acceptors (Lipinski definition) is 5. The van der Waals surface area contributed by atoms with E-state index in [1.54, 1.807) is 18.2 Å². The summed E-state index contributed by atoms with van der Waals surface area (Å²) < 4.78 is 32.2. The number of ether oxygens (including phenoxy) is 1. The quantitative estimate of drug-likeness (QED) is 0.632. The van der Waals surface area contributed by atoms with Crippen LogP contribution in [0.25, 0.3) is 11.0 Å². The van der Waals surface area contributed by atoms with Crippen molar-refractivity contribution >= 4 is 46.2 Å². The van der Waals surface area contributed by atoms with E-state index in [0.717, 1.165) is 12.1 Å². The van der Waals surface area contributed by atoms with Gasteiger partial charge in [-0.1, -0.05) is 6.07 Å². The molecule has 1 aliphatic rings. The summed E-state index contributed by atoms with van der Waals surface area (Å²) in [6.07, 6.45) is -0.702. The standard InChI is InChI=1S/C19H13ClF2N4O3/c20-3-4-29-19(28)26-18-24-14-2-1-9(5-15(14)25-18)17-11-7-13(22)12(21)6-10(11)16(27)8-23-17/h1-2,5-7H,3-4,8H2,(H2,24,25,26,28). The molecule has 0 atom stereocenters. The largest absolute Gasteiger partial charge is 0.448 e. The number of hydrogen-bond donors (Lipinski definition) is 2.